The van der Waals surface area contributed by atoms with Gasteiger partial charge in [0.1, 0.15) is 11.4 Å². The predicted octanol–water partition coefficient (Wildman–Crippen LogP) is 6.71. The van der Waals surface area contributed by atoms with Gasteiger partial charge in [0.25, 0.3) is 15.9 Å². The fraction of sp³-hybridized carbons (Fsp3) is 0.469. The second kappa shape index (κ2) is 12.0. The van der Waals surface area contributed by atoms with Crippen LogP contribution < -0.4 is 4.72 Å². The largest absolute Gasteiger partial charge is 0.377 e. The summed E-state index contributed by atoms with van der Waals surface area (Å²) in [5, 5.41) is 3.87. The van der Waals surface area contributed by atoms with Gasteiger partial charge in [-0.15, -0.1) is 0 Å². The molecule has 10 heteroatoms. The number of rotatable bonds is 11. The van der Waals surface area contributed by atoms with Gasteiger partial charge in [-0.1, -0.05) is 67.7 Å². The molecule has 1 saturated carbocycles. The Morgan fingerprint density at radius 1 is 1.12 bits per heavy atom. The van der Waals surface area contributed by atoms with E-state index >= 15 is 0 Å². The Hall–Kier alpha value is -3.50. The van der Waals surface area contributed by atoms with Crippen LogP contribution in [0.3, 0.4) is 0 Å². The smallest absolute Gasteiger partial charge is 0.264 e. The summed E-state index contributed by atoms with van der Waals surface area (Å²) in [6.07, 6.45) is 6.16. The van der Waals surface area contributed by atoms with Gasteiger partial charge in [0.05, 0.1) is 23.2 Å². The van der Waals surface area contributed by atoms with Crippen LogP contribution in [0.25, 0.3) is 11.1 Å². The van der Waals surface area contributed by atoms with Gasteiger partial charge < -0.3 is 9.26 Å². The molecule has 2 aliphatic rings. The number of carbonyl (C=O) groups excluding carboxylic acids is 1. The van der Waals surface area contributed by atoms with Crippen LogP contribution in [-0.2, 0) is 26.1 Å². The number of aryl methyl sites for hydroxylation is 1. The number of amides is 1. The number of nitrogens with one attached hydrogen (secondary N) is 1. The van der Waals surface area contributed by atoms with Crippen LogP contribution in [0.5, 0.6) is 0 Å². The molecule has 1 aliphatic carbocycles. The van der Waals surface area contributed by atoms with E-state index in [0.29, 0.717) is 23.4 Å². The van der Waals surface area contributed by atoms with Gasteiger partial charge in [0, 0.05) is 24.7 Å². The number of carbonyl (C=O) groups is 1. The molecule has 1 atom stereocenters. The fourth-order valence-corrected chi connectivity index (χ4v) is 7.18. The minimum atomic E-state index is -4.01. The summed E-state index contributed by atoms with van der Waals surface area (Å²) in [4.78, 5) is 20.7. The molecule has 0 bridgehead atoms. The highest BCUT2D eigenvalue weighted by Crippen LogP contribution is 2.41. The van der Waals surface area contributed by atoms with E-state index in [1.54, 1.807) is 39.2 Å². The van der Waals surface area contributed by atoms with Gasteiger partial charge >= 0.3 is 0 Å². The number of benzene rings is 2. The first kappa shape index (κ1) is 30.0. The molecule has 1 aliphatic heterocycles. The Morgan fingerprint density at radius 3 is 2.52 bits per heavy atom. The Labute approximate surface area is 248 Å². The van der Waals surface area contributed by atoms with E-state index in [2.05, 4.69) is 16.8 Å². The summed E-state index contributed by atoms with van der Waals surface area (Å²) in [5.74, 6) is 1.09. The number of amidine groups is 1. The zero-order valence-corrected chi connectivity index (χ0v) is 25.9. The van der Waals surface area contributed by atoms with Crippen molar-refractivity contribution in [2.75, 3.05) is 11.8 Å². The highest BCUT2D eigenvalue weighted by molar-refractivity contribution is 7.92. The summed E-state index contributed by atoms with van der Waals surface area (Å²) >= 11 is 0. The van der Waals surface area contributed by atoms with Crippen molar-refractivity contribution in [3.8, 4) is 11.1 Å². The van der Waals surface area contributed by atoms with E-state index in [1.807, 2.05) is 36.1 Å². The standard InChI is InChI=1S/C32H40N4O5S/c1-6-7-14-29-33-32(17-10-11-18-32)31(37)36(29)20-24-15-16-25(27(19-24)23(4)40-5)26-12-8-9-13-28(26)42(38,39)35-30-21(2)22(3)34-41-30/h8-9,12-13,15-16,19,23,35H,6-7,10-11,14,17-18,20H2,1-5H3. The van der Waals surface area contributed by atoms with E-state index in [-0.39, 0.29) is 22.8 Å². The molecule has 0 saturated heterocycles. The first-order valence-electron chi connectivity index (χ1n) is 14.7. The summed E-state index contributed by atoms with van der Waals surface area (Å²) in [6.45, 7) is 8.00. The predicted molar refractivity (Wildman–Crippen MR) is 163 cm³/mol. The maximum atomic E-state index is 13.7. The molecule has 1 fully saturated rings. The quantitative estimate of drug-likeness (QED) is 0.265. The molecule has 0 radical (unpaired) electrons. The van der Waals surface area contributed by atoms with Crippen LogP contribution in [0.1, 0.15) is 87.3 Å². The zero-order valence-electron chi connectivity index (χ0n) is 25.1. The Bertz CT molecular complexity index is 1600. The van der Waals surface area contributed by atoms with Crippen molar-refractivity contribution in [3.05, 3.63) is 64.8 Å². The van der Waals surface area contributed by atoms with Crippen molar-refractivity contribution in [2.45, 2.75) is 95.7 Å². The SMILES string of the molecule is CCCCC1=NC2(CCCC2)C(=O)N1Cc1ccc(-c2ccccc2S(=O)(=O)Nc2onc(C)c2C)c(C(C)OC)c1. The van der Waals surface area contributed by atoms with Gasteiger partial charge in [0.2, 0.25) is 5.88 Å². The Morgan fingerprint density at radius 2 is 1.86 bits per heavy atom. The lowest BCUT2D eigenvalue weighted by Crippen LogP contribution is -2.40. The number of anilines is 1. The molecule has 1 amide bonds. The highest BCUT2D eigenvalue weighted by Gasteiger charge is 2.49. The van der Waals surface area contributed by atoms with Crippen LogP contribution in [0, 0.1) is 13.8 Å². The summed E-state index contributed by atoms with van der Waals surface area (Å²) < 4.78 is 40.7. The van der Waals surface area contributed by atoms with Gasteiger partial charge in [-0.25, -0.2) is 13.1 Å². The number of aromatic nitrogens is 1. The lowest BCUT2D eigenvalue weighted by atomic mass is 9.94. The number of nitrogens with zero attached hydrogens (tertiary/aromatic N) is 3. The molecule has 1 spiro atoms. The third-order valence-corrected chi connectivity index (χ3v) is 9.97. The van der Waals surface area contributed by atoms with E-state index in [9.17, 15) is 13.2 Å². The van der Waals surface area contributed by atoms with Crippen LogP contribution in [0.15, 0.2) is 56.9 Å². The molecule has 1 N–H and O–H groups in total. The second-order valence-electron chi connectivity index (χ2n) is 11.4. The highest BCUT2D eigenvalue weighted by atomic mass is 32.2. The number of hydrogen-bond acceptors (Lipinski definition) is 7. The number of sulfonamides is 1. The summed E-state index contributed by atoms with van der Waals surface area (Å²) in [5.41, 5.74) is 3.70. The molecule has 5 rings (SSSR count). The number of hydrogen-bond donors (Lipinski definition) is 1. The average molecular weight is 593 g/mol. The number of ether oxygens (including phenoxy) is 1. The molecule has 224 valence electrons. The third-order valence-electron chi connectivity index (χ3n) is 8.58. The van der Waals surface area contributed by atoms with E-state index < -0.39 is 15.6 Å². The van der Waals surface area contributed by atoms with Gasteiger partial charge in [-0.3, -0.25) is 14.7 Å². The number of aliphatic imine (C=N–C) groups is 1. The minimum absolute atomic E-state index is 0.0963. The second-order valence-corrected chi connectivity index (χ2v) is 13.0. The van der Waals surface area contributed by atoms with Crippen LogP contribution in [0.2, 0.25) is 0 Å². The fourth-order valence-electron chi connectivity index (χ4n) is 5.91. The summed E-state index contributed by atoms with van der Waals surface area (Å²) in [6, 6.07) is 12.8. The molecule has 1 aromatic heterocycles. The van der Waals surface area contributed by atoms with Crippen molar-refractivity contribution in [2.24, 2.45) is 4.99 Å². The monoisotopic (exact) mass is 592 g/mol. The molecule has 2 heterocycles. The summed E-state index contributed by atoms with van der Waals surface area (Å²) in [7, 11) is -2.38. The molecule has 3 aromatic rings. The van der Waals surface area contributed by atoms with Gasteiger partial charge in [-0.2, -0.15) is 0 Å². The maximum absolute atomic E-state index is 13.7. The lowest BCUT2D eigenvalue weighted by molar-refractivity contribution is -0.131. The molecule has 9 nitrogen and oxygen atoms in total. The third kappa shape index (κ3) is 5.62. The van der Waals surface area contributed by atoms with Crippen LogP contribution in [0.4, 0.5) is 5.88 Å². The van der Waals surface area contributed by atoms with Crippen molar-refractivity contribution in [1.29, 1.82) is 0 Å². The first-order valence-corrected chi connectivity index (χ1v) is 16.2. The van der Waals surface area contributed by atoms with Crippen molar-refractivity contribution in [1.82, 2.24) is 10.1 Å². The van der Waals surface area contributed by atoms with Crippen molar-refractivity contribution >= 4 is 27.7 Å². The van der Waals surface area contributed by atoms with E-state index in [1.165, 1.54) is 0 Å². The maximum Gasteiger partial charge on any atom is 0.264 e. The normalized spacial score (nSPS) is 17.2. The van der Waals surface area contributed by atoms with E-state index in [4.69, 9.17) is 14.3 Å². The Balaban J connectivity index is 1.51. The topological polar surface area (TPSA) is 114 Å². The molecular formula is C32H40N4O5S. The van der Waals surface area contributed by atoms with Crippen molar-refractivity contribution in [3.63, 3.8) is 0 Å². The van der Waals surface area contributed by atoms with Crippen molar-refractivity contribution < 1.29 is 22.5 Å². The lowest BCUT2D eigenvalue weighted by Gasteiger charge is -2.24. The molecule has 42 heavy (non-hydrogen) atoms. The molecule has 2 aromatic carbocycles. The number of unbranched alkanes of at least 4 members (excludes halogenated alkanes) is 1. The number of methoxy groups -OCH3 is 1. The average Bonchev–Trinajstić information content (AvgIpc) is 3.66. The molecular weight excluding hydrogens is 552 g/mol. The van der Waals surface area contributed by atoms with Gasteiger partial charge in [0.15, 0.2) is 0 Å². The first-order chi connectivity index (χ1) is 20.1. The van der Waals surface area contributed by atoms with E-state index in [0.717, 1.165) is 67.5 Å². The minimum Gasteiger partial charge on any atom is -0.377 e. The zero-order chi connectivity index (χ0) is 30.1. The Kier molecular flexibility index (Phi) is 8.57. The molecule has 1 unspecified atom stereocenters. The van der Waals surface area contributed by atoms with Gasteiger partial charge in [-0.05, 0) is 62.8 Å². The van der Waals surface area contributed by atoms with Crippen LogP contribution >= 0.6 is 0 Å². The van der Waals surface area contributed by atoms with Crippen LogP contribution in [-0.4, -0.2) is 42.9 Å².